The van der Waals surface area contributed by atoms with Gasteiger partial charge >= 0.3 is 0 Å². The predicted molar refractivity (Wildman–Crippen MR) is 213 cm³/mol. The first-order chi connectivity index (χ1) is 24.2. The van der Waals surface area contributed by atoms with Crippen molar-refractivity contribution in [1.82, 2.24) is 0 Å². The maximum atomic E-state index is 2.69. The third-order valence-electron chi connectivity index (χ3n) is 17.0. The molecule has 4 aromatic carbocycles. The quantitative estimate of drug-likeness (QED) is 0.209. The number of benzene rings is 4. The Morgan fingerprint density at radius 2 is 1.12 bits per heavy atom. The van der Waals surface area contributed by atoms with Gasteiger partial charge in [-0.25, -0.2) is 0 Å². The lowest BCUT2D eigenvalue weighted by Gasteiger charge is -2.76. The highest BCUT2D eigenvalue weighted by Gasteiger charge is 2.84. The van der Waals surface area contributed by atoms with Crippen LogP contribution in [0.25, 0.3) is 11.1 Å². The van der Waals surface area contributed by atoms with Crippen LogP contribution in [0.3, 0.4) is 0 Å². The molecule has 0 amide bonds. The molecule has 7 aliphatic rings. The maximum Gasteiger partial charge on any atom is 0.0502 e. The second-order valence-corrected chi connectivity index (χ2v) is 21.1. The first kappa shape index (κ1) is 31.2. The highest BCUT2D eigenvalue weighted by molar-refractivity contribution is 5.89. The molecule has 4 saturated carbocycles. The molecular weight excluding hydrogens is 615 g/mol. The molecule has 11 rings (SSSR count). The van der Waals surface area contributed by atoms with Crippen LogP contribution in [0.15, 0.2) is 78.9 Å². The standard InChI is InChI=1S/C50H57N/c1-45(2)20-21-47(5,6)40-28-33(17-19-38(40)45)51(41-15-11-14-39-44(41)48(7,8)23-22-46(39,3)4)32-16-18-37-35(27-32)34-12-9-10-13-36(34)50(37)42-25-30-24-31-26-43(50)49(31,42)29-30/h9-19,27-28,30-31,42-43H,20-26,29H2,1-8H3. The van der Waals surface area contributed by atoms with Gasteiger partial charge < -0.3 is 4.90 Å². The highest BCUT2D eigenvalue weighted by atomic mass is 15.1. The predicted octanol–water partition coefficient (Wildman–Crippen LogP) is 13.2. The summed E-state index contributed by atoms with van der Waals surface area (Å²) in [6, 6.07) is 32.2. The number of fused-ring (bicyclic) bond motifs is 10. The molecule has 7 aliphatic carbocycles. The summed E-state index contributed by atoms with van der Waals surface area (Å²) in [5.41, 5.74) is 18.0. The highest BCUT2D eigenvalue weighted by Crippen LogP contribution is 2.89. The van der Waals surface area contributed by atoms with Crippen molar-refractivity contribution >= 4 is 17.1 Å². The van der Waals surface area contributed by atoms with E-state index in [9.17, 15) is 0 Å². The van der Waals surface area contributed by atoms with Crippen LogP contribution in [-0.2, 0) is 27.1 Å². The first-order valence-electron chi connectivity index (χ1n) is 20.5. The second kappa shape index (κ2) is 9.42. The summed E-state index contributed by atoms with van der Waals surface area (Å²) in [5.74, 6) is 3.67. The molecule has 262 valence electrons. The second-order valence-electron chi connectivity index (χ2n) is 21.1. The maximum absolute atomic E-state index is 2.69. The molecule has 0 aromatic heterocycles. The van der Waals surface area contributed by atoms with E-state index < -0.39 is 0 Å². The SMILES string of the molecule is CC1(C)CCC(C)(C)c2cc(N(c3ccc4c(c3)-c3ccccc3C43C4CC5CC6CC3C64C5)c3cccc4c3C(C)(C)CCC4(C)C)ccc21. The van der Waals surface area contributed by atoms with Gasteiger partial charge in [-0.3, -0.25) is 0 Å². The molecule has 4 fully saturated rings. The fourth-order valence-electron chi connectivity index (χ4n) is 14.5. The Hall–Kier alpha value is -3.32. The van der Waals surface area contributed by atoms with Gasteiger partial charge in [0, 0.05) is 16.8 Å². The minimum atomic E-state index is 0.0886. The van der Waals surface area contributed by atoms with Gasteiger partial charge in [0.25, 0.3) is 0 Å². The van der Waals surface area contributed by atoms with Crippen LogP contribution in [0.1, 0.15) is 140 Å². The largest absolute Gasteiger partial charge is 0.310 e. The summed E-state index contributed by atoms with van der Waals surface area (Å²) >= 11 is 0. The molecule has 6 atom stereocenters. The van der Waals surface area contributed by atoms with Gasteiger partial charge in [0.05, 0.1) is 5.69 Å². The van der Waals surface area contributed by atoms with Gasteiger partial charge in [-0.05, 0) is 177 Å². The van der Waals surface area contributed by atoms with Crippen LogP contribution < -0.4 is 4.90 Å². The summed E-state index contributed by atoms with van der Waals surface area (Å²) in [5, 5.41) is 0. The van der Waals surface area contributed by atoms with Crippen LogP contribution in [0.4, 0.5) is 17.1 Å². The van der Waals surface area contributed by atoms with E-state index in [0.29, 0.717) is 5.41 Å². The van der Waals surface area contributed by atoms with Crippen molar-refractivity contribution in [3.8, 4) is 11.1 Å². The molecular formula is C50H57N. The minimum absolute atomic E-state index is 0.0886. The van der Waals surface area contributed by atoms with Crippen molar-refractivity contribution in [3.63, 3.8) is 0 Å². The van der Waals surface area contributed by atoms with Gasteiger partial charge in [0.2, 0.25) is 0 Å². The molecule has 0 saturated heterocycles. The summed E-state index contributed by atoms with van der Waals surface area (Å²) in [6.07, 6.45) is 10.8. The number of rotatable bonds is 3. The van der Waals surface area contributed by atoms with Crippen LogP contribution in [0.2, 0.25) is 0 Å². The van der Waals surface area contributed by atoms with Crippen molar-refractivity contribution in [2.45, 2.75) is 134 Å². The van der Waals surface area contributed by atoms with Crippen LogP contribution in [0.5, 0.6) is 0 Å². The van der Waals surface area contributed by atoms with Crippen molar-refractivity contribution in [2.75, 3.05) is 4.90 Å². The van der Waals surface area contributed by atoms with E-state index in [0.717, 1.165) is 23.7 Å². The Labute approximate surface area is 307 Å². The van der Waals surface area contributed by atoms with Gasteiger partial charge in [-0.1, -0.05) is 104 Å². The fraction of sp³-hybridized carbons (Fsp3) is 0.520. The fourth-order valence-corrected chi connectivity index (χ4v) is 14.5. The van der Waals surface area contributed by atoms with E-state index in [1.54, 1.807) is 16.7 Å². The lowest BCUT2D eigenvalue weighted by Crippen LogP contribution is -2.73. The lowest BCUT2D eigenvalue weighted by atomic mass is 9.27. The third-order valence-corrected chi connectivity index (χ3v) is 17.0. The van der Waals surface area contributed by atoms with Crippen molar-refractivity contribution < 1.29 is 0 Å². The Morgan fingerprint density at radius 1 is 0.510 bits per heavy atom. The molecule has 0 heterocycles. The molecule has 0 radical (unpaired) electrons. The summed E-state index contributed by atoms with van der Waals surface area (Å²) in [4.78, 5) is 2.69. The summed E-state index contributed by atoms with van der Waals surface area (Å²) < 4.78 is 0. The van der Waals surface area contributed by atoms with Gasteiger partial charge in [-0.15, -0.1) is 0 Å². The number of anilines is 3. The molecule has 6 unspecified atom stereocenters. The van der Waals surface area contributed by atoms with Gasteiger partial charge in [0.1, 0.15) is 0 Å². The smallest absolute Gasteiger partial charge is 0.0502 e. The van der Waals surface area contributed by atoms with E-state index in [2.05, 4.69) is 139 Å². The topological polar surface area (TPSA) is 3.24 Å². The van der Waals surface area contributed by atoms with Crippen molar-refractivity contribution in [2.24, 2.45) is 29.1 Å². The van der Waals surface area contributed by atoms with Crippen molar-refractivity contribution in [3.05, 3.63) is 112 Å². The lowest BCUT2D eigenvalue weighted by molar-refractivity contribution is -0.231. The summed E-state index contributed by atoms with van der Waals surface area (Å²) in [6.45, 7) is 19.8. The number of hydrogen-bond acceptors (Lipinski definition) is 1. The first-order valence-corrected chi connectivity index (χ1v) is 20.5. The van der Waals surface area contributed by atoms with Crippen LogP contribution in [-0.4, -0.2) is 0 Å². The Bertz CT molecular complexity index is 2180. The van der Waals surface area contributed by atoms with E-state index in [1.165, 1.54) is 96.2 Å². The summed E-state index contributed by atoms with van der Waals surface area (Å²) in [7, 11) is 0. The average molecular weight is 672 g/mol. The molecule has 1 nitrogen and oxygen atoms in total. The van der Waals surface area contributed by atoms with Crippen LogP contribution >= 0.6 is 0 Å². The average Bonchev–Trinajstić information content (AvgIpc) is 3.73. The molecule has 4 aromatic rings. The number of nitrogens with zero attached hydrogens (tertiary/aromatic N) is 1. The minimum Gasteiger partial charge on any atom is -0.310 e. The van der Waals surface area contributed by atoms with Crippen molar-refractivity contribution in [1.29, 1.82) is 0 Å². The molecule has 2 spiro atoms. The molecule has 0 aliphatic heterocycles. The van der Waals surface area contributed by atoms with Gasteiger partial charge in [-0.2, -0.15) is 0 Å². The van der Waals surface area contributed by atoms with Gasteiger partial charge in [0.15, 0.2) is 0 Å². The Balaban J connectivity index is 1.15. The van der Waals surface area contributed by atoms with E-state index in [4.69, 9.17) is 0 Å². The monoisotopic (exact) mass is 671 g/mol. The molecule has 2 bridgehead atoms. The molecule has 0 N–H and O–H groups in total. The molecule has 51 heavy (non-hydrogen) atoms. The zero-order valence-electron chi connectivity index (χ0n) is 32.4. The Morgan fingerprint density at radius 3 is 1.88 bits per heavy atom. The third kappa shape index (κ3) is 3.61. The normalized spacial score (nSPS) is 34.0. The Kier molecular flexibility index (Phi) is 5.77. The van der Waals surface area contributed by atoms with E-state index in [1.807, 2.05) is 0 Å². The van der Waals surface area contributed by atoms with Crippen LogP contribution in [0, 0.1) is 29.1 Å². The van der Waals surface area contributed by atoms with E-state index in [-0.39, 0.29) is 27.1 Å². The number of hydrogen-bond donors (Lipinski definition) is 0. The molecule has 1 heteroatoms. The zero-order chi connectivity index (χ0) is 35.1. The van der Waals surface area contributed by atoms with E-state index >= 15 is 0 Å². The zero-order valence-corrected chi connectivity index (χ0v) is 32.4.